The predicted molar refractivity (Wildman–Crippen MR) is 273 cm³/mol. The molecule has 0 bridgehead atoms. The van der Waals surface area contributed by atoms with Crippen LogP contribution < -0.4 is 9.47 Å². The SMILES string of the molecule is CC(C)CCC[C@@H](C)[C@H]1C(Oc2cc(CO)c(OC3C[C@H]4[C@@H]5CCC6CCCC[C@]6(C)[C@H]5CC[C@]4(C)[C@H]3[C@H](C)CCCC(C)C)cc2CO)C[C@H]2[C@@H]3CCC4CCCC[C@]4(C)[C@H]3CC[C@]12C. The summed E-state index contributed by atoms with van der Waals surface area (Å²) in [5.41, 5.74) is 3.26. The van der Waals surface area contributed by atoms with Gasteiger partial charge in [0.1, 0.15) is 23.7 Å². The van der Waals surface area contributed by atoms with Crippen LogP contribution in [-0.2, 0) is 13.2 Å². The number of ether oxygens (including phenoxy) is 2. The highest BCUT2D eigenvalue weighted by atomic mass is 16.5. The molecule has 0 aliphatic heterocycles. The highest BCUT2D eigenvalue weighted by Gasteiger charge is 2.65. The van der Waals surface area contributed by atoms with E-state index in [1.165, 1.54) is 141 Å². The lowest BCUT2D eigenvalue weighted by Crippen LogP contribution is -2.53. The Morgan fingerprint density at radius 1 is 0.485 bits per heavy atom. The van der Waals surface area contributed by atoms with Gasteiger partial charge in [0.2, 0.25) is 0 Å². The summed E-state index contributed by atoms with van der Waals surface area (Å²) >= 11 is 0. The molecule has 8 aliphatic carbocycles. The summed E-state index contributed by atoms with van der Waals surface area (Å²) in [4.78, 5) is 0. The minimum Gasteiger partial charge on any atom is -0.490 e. The number of hydrogen-bond acceptors (Lipinski definition) is 4. The van der Waals surface area contributed by atoms with Gasteiger partial charge in [-0.15, -0.1) is 0 Å². The van der Waals surface area contributed by atoms with Gasteiger partial charge in [0, 0.05) is 23.0 Å². The van der Waals surface area contributed by atoms with Crippen molar-refractivity contribution in [2.24, 2.45) is 105 Å². The van der Waals surface area contributed by atoms with Gasteiger partial charge in [-0.1, -0.05) is 133 Å². The number of aliphatic hydroxyl groups excluding tert-OH is 2. The lowest BCUT2D eigenvalue weighted by Gasteiger charge is -2.60. The molecule has 4 heteroatoms. The first-order valence-electron chi connectivity index (χ1n) is 29.3. The molecule has 1 aromatic carbocycles. The summed E-state index contributed by atoms with van der Waals surface area (Å²) in [5.74, 6) is 11.8. The first-order valence-corrected chi connectivity index (χ1v) is 29.3. The van der Waals surface area contributed by atoms with Crippen molar-refractivity contribution < 1.29 is 19.7 Å². The maximum absolute atomic E-state index is 11.3. The van der Waals surface area contributed by atoms with Gasteiger partial charge in [-0.3, -0.25) is 0 Å². The van der Waals surface area contributed by atoms with Crippen LogP contribution in [0.4, 0.5) is 0 Å². The van der Waals surface area contributed by atoms with Crippen LogP contribution >= 0.6 is 0 Å². The molecule has 0 aromatic heterocycles. The van der Waals surface area contributed by atoms with E-state index in [4.69, 9.17) is 9.47 Å². The van der Waals surface area contributed by atoms with Gasteiger partial charge in [-0.25, -0.2) is 0 Å². The minimum atomic E-state index is -0.0760. The fourth-order valence-corrected chi connectivity index (χ4v) is 20.4. The van der Waals surface area contributed by atoms with Gasteiger partial charge in [0.05, 0.1) is 13.2 Å². The largest absolute Gasteiger partial charge is 0.490 e. The molecular weight excluding hydrogens is 809 g/mol. The van der Waals surface area contributed by atoms with Crippen LogP contribution in [-0.4, -0.2) is 22.4 Å². The van der Waals surface area contributed by atoms with Crippen molar-refractivity contribution in [3.05, 3.63) is 23.3 Å². The van der Waals surface area contributed by atoms with Gasteiger partial charge >= 0.3 is 0 Å². The van der Waals surface area contributed by atoms with E-state index in [2.05, 4.69) is 81.4 Å². The first-order chi connectivity index (χ1) is 31.5. The summed E-state index contributed by atoms with van der Waals surface area (Å²) < 4.78 is 15.0. The highest BCUT2D eigenvalue weighted by Crippen LogP contribution is 2.71. The van der Waals surface area contributed by atoms with E-state index in [1.807, 2.05) is 0 Å². The van der Waals surface area contributed by atoms with Crippen molar-refractivity contribution in [3.63, 3.8) is 0 Å². The van der Waals surface area contributed by atoms with E-state index in [-0.39, 0.29) is 36.3 Å². The van der Waals surface area contributed by atoms with Crippen molar-refractivity contribution in [2.45, 2.75) is 249 Å². The molecule has 374 valence electrons. The van der Waals surface area contributed by atoms with E-state index in [0.717, 1.165) is 82.8 Å². The van der Waals surface area contributed by atoms with Crippen molar-refractivity contribution in [3.8, 4) is 11.5 Å². The van der Waals surface area contributed by atoms with Crippen LogP contribution in [0.25, 0.3) is 0 Å². The molecule has 0 saturated heterocycles. The Morgan fingerprint density at radius 3 is 1.27 bits per heavy atom. The smallest absolute Gasteiger partial charge is 0.125 e. The number of benzene rings is 1. The number of rotatable bonds is 16. The quantitative estimate of drug-likeness (QED) is 0.173. The monoisotopic (exact) mass is 911 g/mol. The summed E-state index contributed by atoms with van der Waals surface area (Å²) in [7, 11) is 0. The Kier molecular flexibility index (Phi) is 14.9. The fraction of sp³-hybridized carbons (Fsp3) is 0.903. The molecule has 8 saturated carbocycles. The number of aliphatic hydroxyl groups is 2. The molecule has 18 atom stereocenters. The number of hydrogen-bond donors (Lipinski definition) is 2. The maximum Gasteiger partial charge on any atom is 0.125 e. The predicted octanol–water partition coefficient (Wildman–Crippen LogP) is 16.4. The summed E-state index contributed by atoms with van der Waals surface area (Å²) in [6.45, 7) is 25.3. The van der Waals surface area contributed by atoms with E-state index in [0.29, 0.717) is 46.3 Å². The molecule has 0 heterocycles. The zero-order chi connectivity index (χ0) is 46.8. The molecule has 1 aromatic rings. The Morgan fingerprint density at radius 2 is 0.894 bits per heavy atom. The van der Waals surface area contributed by atoms with E-state index in [1.54, 1.807) is 0 Å². The first kappa shape index (κ1) is 49.7. The van der Waals surface area contributed by atoms with Crippen LogP contribution in [0.3, 0.4) is 0 Å². The van der Waals surface area contributed by atoms with E-state index >= 15 is 0 Å². The van der Waals surface area contributed by atoms with Crippen LogP contribution in [0.5, 0.6) is 11.5 Å². The topological polar surface area (TPSA) is 58.9 Å². The van der Waals surface area contributed by atoms with Gasteiger partial charge in [-0.2, -0.15) is 0 Å². The Balaban J connectivity index is 1.00. The average Bonchev–Trinajstić information content (AvgIpc) is 3.75. The van der Waals surface area contributed by atoms with Gasteiger partial charge < -0.3 is 19.7 Å². The Hall–Kier alpha value is -1.26. The Labute approximate surface area is 406 Å². The zero-order valence-electron chi connectivity index (χ0n) is 44.5. The molecule has 0 amide bonds. The highest BCUT2D eigenvalue weighted by molar-refractivity contribution is 5.46. The molecular formula is C62H102O4. The van der Waals surface area contributed by atoms with Crippen LogP contribution in [0.15, 0.2) is 12.1 Å². The normalized spacial score (nSPS) is 43.8. The maximum atomic E-state index is 11.3. The number of fused-ring (bicyclic) bond motifs is 10. The molecule has 8 fully saturated rings. The molecule has 4 unspecified atom stereocenters. The van der Waals surface area contributed by atoms with Crippen LogP contribution in [0.1, 0.15) is 234 Å². The van der Waals surface area contributed by atoms with Gasteiger partial charge in [-0.05, 0) is 195 Å². The summed E-state index contributed by atoms with van der Waals surface area (Å²) in [6, 6.07) is 4.24. The van der Waals surface area contributed by atoms with E-state index < -0.39 is 0 Å². The molecule has 8 aliphatic rings. The molecule has 4 nitrogen and oxygen atoms in total. The van der Waals surface area contributed by atoms with Crippen molar-refractivity contribution >= 4 is 0 Å². The summed E-state index contributed by atoms with van der Waals surface area (Å²) in [5, 5.41) is 22.6. The molecule has 9 rings (SSSR count). The minimum absolute atomic E-state index is 0.0760. The van der Waals surface area contributed by atoms with Crippen molar-refractivity contribution in [2.75, 3.05) is 0 Å². The molecule has 66 heavy (non-hydrogen) atoms. The molecule has 2 N–H and O–H groups in total. The van der Waals surface area contributed by atoms with Crippen LogP contribution in [0, 0.1) is 105 Å². The van der Waals surface area contributed by atoms with E-state index in [9.17, 15) is 10.2 Å². The fourth-order valence-electron chi connectivity index (χ4n) is 20.4. The molecule has 0 radical (unpaired) electrons. The van der Waals surface area contributed by atoms with Gasteiger partial charge in [0.25, 0.3) is 0 Å². The average molecular weight is 911 g/mol. The third-order valence-corrected chi connectivity index (χ3v) is 23.6. The second-order valence-corrected chi connectivity index (χ2v) is 27.7. The molecule has 0 spiro atoms. The lowest BCUT2D eigenvalue weighted by atomic mass is 9.44. The Bertz CT molecular complexity index is 1660. The second kappa shape index (κ2) is 19.7. The lowest BCUT2D eigenvalue weighted by molar-refractivity contribution is -0.115. The third kappa shape index (κ3) is 8.81. The van der Waals surface area contributed by atoms with Crippen LogP contribution in [0.2, 0.25) is 0 Å². The van der Waals surface area contributed by atoms with Crippen molar-refractivity contribution in [1.29, 1.82) is 0 Å². The summed E-state index contributed by atoms with van der Waals surface area (Å²) in [6.07, 6.45) is 32.9. The van der Waals surface area contributed by atoms with Crippen molar-refractivity contribution in [1.82, 2.24) is 0 Å². The second-order valence-electron chi connectivity index (χ2n) is 27.7. The zero-order valence-corrected chi connectivity index (χ0v) is 44.5. The third-order valence-electron chi connectivity index (χ3n) is 23.6. The van der Waals surface area contributed by atoms with Gasteiger partial charge in [0.15, 0.2) is 0 Å². The standard InChI is InChI=1S/C62H102O4/c1-39(2)17-15-19-41(5)57-55(35-51-47-25-23-45-21-11-13-29-59(45,7)49(47)27-31-61(51,57)9)65-53-33-44(38-64)54(34-43(53)37-63)66-56-36-52-48-26-24-46-22-12-14-30-60(46,8)50(48)28-32-62(52,10)58(56)42(6)20-16-18-40(3)4/h33-34,39-42,45-52,55-58,63-64H,11-32,35-38H2,1-10H3/t41-,42-,45?,46?,47-,48-,49+,50+,51+,52+,55?,56?,57+,58+,59+,60+,61+,62+/m1/s1.